The molecule has 1 atom stereocenters. The lowest BCUT2D eigenvalue weighted by Crippen LogP contribution is -2.44. The normalized spacial score (nSPS) is 13.6. The van der Waals surface area contributed by atoms with Crippen molar-refractivity contribution in [2.45, 2.75) is 63.8 Å². The van der Waals surface area contributed by atoms with E-state index in [9.17, 15) is 40.3 Å². The van der Waals surface area contributed by atoms with E-state index >= 15 is 0 Å². The number of ether oxygens (including phenoxy) is 1. The summed E-state index contributed by atoms with van der Waals surface area (Å²) in [5.41, 5.74) is -2.05. The van der Waals surface area contributed by atoms with Crippen LogP contribution >= 0.6 is 11.3 Å². The van der Waals surface area contributed by atoms with Crippen LogP contribution in [-0.2, 0) is 32.6 Å². The molecular weight excluding hydrogens is 587 g/mol. The van der Waals surface area contributed by atoms with E-state index in [4.69, 9.17) is 9.26 Å². The van der Waals surface area contributed by atoms with Gasteiger partial charge in [0.25, 0.3) is 6.43 Å². The summed E-state index contributed by atoms with van der Waals surface area (Å²) < 4.78 is 104. The third kappa shape index (κ3) is 6.82. The van der Waals surface area contributed by atoms with Gasteiger partial charge < -0.3 is 14.4 Å². The Balaban J connectivity index is 2.00. The molecule has 0 saturated carbocycles. The molecule has 40 heavy (non-hydrogen) atoms. The highest BCUT2D eigenvalue weighted by molar-refractivity contribution is 7.89. The Kier molecular flexibility index (Phi) is 9.33. The number of hydrogen-bond acceptors (Lipinski definition) is 10. The predicted molar refractivity (Wildman–Crippen MR) is 132 cm³/mol. The lowest BCUT2D eigenvalue weighted by Gasteiger charge is -2.20. The van der Waals surface area contributed by atoms with E-state index in [1.807, 2.05) is 0 Å². The smallest absolute Gasteiger partial charge is 0.404 e. The molecule has 0 aliphatic heterocycles. The molecule has 2 N–H and O–H groups in total. The van der Waals surface area contributed by atoms with Gasteiger partial charge in [0.15, 0.2) is 5.01 Å². The molecule has 0 bridgehead atoms. The highest BCUT2D eigenvalue weighted by Gasteiger charge is 2.41. The van der Waals surface area contributed by atoms with Crippen LogP contribution in [0.2, 0.25) is 0 Å². The number of carbonyl (C=O) groups is 1. The lowest BCUT2D eigenvalue weighted by molar-refractivity contribution is -0.152. The van der Waals surface area contributed by atoms with Crippen LogP contribution in [0.4, 0.5) is 22.0 Å². The van der Waals surface area contributed by atoms with Gasteiger partial charge >= 0.3 is 12.1 Å². The summed E-state index contributed by atoms with van der Waals surface area (Å²) in [5.74, 6) is -0.510. The summed E-state index contributed by atoms with van der Waals surface area (Å²) in [4.78, 5) is 19.5. The molecule has 0 fully saturated rings. The first-order valence-electron chi connectivity index (χ1n) is 11.6. The van der Waals surface area contributed by atoms with E-state index in [1.165, 1.54) is 11.8 Å². The number of thiazole rings is 1. The number of nitrogens with one attached hydrogen (secondary N) is 1. The number of methoxy groups -OCH3 is 1. The van der Waals surface area contributed by atoms with E-state index in [2.05, 4.69) is 15.1 Å². The van der Waals surface area contributed by atoms with Gasteiger partial charge in [-0.05, 0) is 32.4 Å². The lowest BCUT2D eigenvalue weighted by atomic mass is 9.89. The van der Waals surface area contributed by atoms with Gasteiger partial charge in [0.1, 0.15) is 6.04 Å². The maximum absolute atomic E-state index is 14.1. The number of halogens is 5. The summed E-state index contributed by atoms with van der Waals surface area (Å²) in [6.07, 6.45) is -8.70. The molecule has 220 valence electrons. The van der Waals surface area contributed by atoms with E-state index in [-0.39, 0.29) is 39.3 Å². The number of carbonyl (C=O) groups excluding carboxylic acids is 1. The number of benzene rings is 1. The Morgan fingerprint density at radius 3 is 2.45 bits per heavy atom. The fourth-order valence-electron chi connectivity index (χ4n) is 3.64. The number of nitrogens with zero attached hydrogens (tertiary/aromatic N) is 3. The molecule has 0 spiro atoms. The Bertz CT molecular complexity index is 1470. The maximum Gasteiger partial charge on any atom is 0.404 e. The zero-order valence-corrected chi connectivity index (χ0v) is 23.2. The van der Waals surface area contributed by atoms with Crippen LogP contribution in [0.3, 0.4) is 0 Å². The SMILES string of the molecule is CC[C@H](NS(=O)(=O)c1ccc(-c2sc(-c3noc(CC(C)(C)C(=O)OC)n3)nc2CO)c(C(F)F)c1)C(F)(F)F. The highest BCUT2D eigenvalue weighted by Crippen LogP contribution is 2.40. The summed E-state index contributed by atoms with van der Waals surface area (Å²) in [7, 11) is -3.58. The first kappa shape index (κ1) is 31.5. The second kappa shape index (κ2) is 11.8. The average Bonchev–Trinajstić information content (AvgIpc) is 3.52. The van der Waals surface area contributed by atoms with Crippen LogP contribution in [0.25, 0.3) is 21.3 Å². The number of hydrogen-bond donors (Lipinski definition) is 2. The molecule has 0 radical (unpaired) electrons. The second-order valence-corrected chi connectivity index (χ2v) is 11.9. The molecule has 0 saturated heterocycles. The van der Waals surface area contributed by atoms with Crippen molar-refractivity contribution < 1.29 is 49.5 Å². The standard InChI is InChI=1S/C23H25F5N4O6S2/c1-5-15(23(26,27)28)32-40(35,36)11-6-7-12(13(8-11)18(24)25)17-14(10-33)29-20(39-17)19-30-16(38-31-19)9-22(2,3)21(34)37-4/h6-8,15,18,32-33H,5,9-10H2,1-4H3/t15-/m0/s1. The fourth-order valence-corrected chi connectivity index (χ4v) is 6.02. The number of esters is 1. The highest BCUT2D eigenvalue weighted by atomic mass is 32.2. The minimum absolute atomic E-state index is 0.0183. The van der Waals surface area contributed by atoms with Crippen LogP contribution in [0, 0.1) is 5.41 Å². The third-order valence-electron chi connectivity index (χ3n) is 5.75. The summed E-state index contributed by atoms with van der Waals surface area (Å²) >= 11 is 0.800. The Labute approximate surface area is 229 Å². The monoisotopic (exact) mass is 612 g/mol. The van der Waals surface area contributed by atoms with Gasteiger partial charge in [-0.25, -0.2) is 22.2 Å². The summed E-state index contributed by atoms with van der Waals surface area (Å²) in [5, 5.41) is 13.7. The largest absolute Gasteiger partial charge is 0.469 e. The number of aliphatic hydroxyl groups excluding tert-OH is 1. The van der Waals surface area contributed by atoms with Crippen LogP contribution in [-0.4, -0.2) is 53.9 Å². The Morgan fingerprint density at radius 1 is 1.23 bits per heavy atom. The number of sulfonamides is 1. The van der Waals surface area contributed by atoms with Gasteiger partial charge in [0, 0.05) is 17.5 Å². The molecule has 0 unspecified atom stereocenters. The number of aromatic nitrogens is 3. The molecule has 3 aromatic rings. The molecule has 0 amide bonds. The molecule has 10 nitrogen and oxygen atoms in total. The Morgan fingerprint density at radius 2 is 1.90 bits per heavy atom. The van der Waals surface area contributed by atoms with Crippen molar-refractivity contribution in [3.05, 3.63) is 35.3 Å². The van der Waals surface area contributed by atoms with E-state index in [1.54, 1.807) is 13.8 Å². The van der Waals surface area contributed by atoms with Crippen molar-refractivity contribution in [3.8, 4) is 21.3 Å². The summed E-state index contributed by atoms with van der Waals surface area (Å²) in [6.45, 7) is 3.63. The molecule has 0 aliphatic rings. The van der Waals surface area contributed by atoms with Crippen molar-refractivity contribution in [1.82, 2.24) is 19.8 Å². The van der Waals surface area contributed by atoms with Crippen LogP contribution in [0.5, 0.6) is 0 Å². The molecular formula is C23H25F5N4O6S2. The predicted octanol–water partition coefficient (Wildman–Crippen LogP) is 4.65. The number of alkyl halides is 5. The summed E-state index contributed by atoms with van der Waals surface area (Å²) in [6, 6.07) is 0.0546. The molecule has 2 heterocycles. The average molecular weight is 613 g/mol. The van der Waals surface area contributed by atoms with Crippen molar-refractivity contribution in [2.75, 3.05) is 7.11 Å². The minimum Gasteiger partial charge on any atom is -0.469 e. The van der Waals surface area contributed by atoms with Crippen LogP contribution in [0.1, 0.15) is 50.8 Å². The van der Waals surface area contributed by atoms with E-state index in [0.29, 0.717) is 6.07 Å². The molecule has 1 aromatic carbocycles. The minimum atomic E-state index is -4.88. The fraction of sp³-hybridized carbons (Fsp3) is 0.478. The van der Waals surface area contributed by atoms with Gasteiger partial charge in [-0.15, -0.1) is 11.3 Å². The van der Waals surface area contributed by atoms with Crippen molar-refractivity contribution >= 4 is 27.3 Å². The zero-order chi connectivity index (χ0) is 30.0. The topological polar surface area (TPSA) is 145 Å². The van der Waals surface area contributed by atoms with Gasteiger partial charge in [-0.1, -0.05) is 18.1 Å². The molecule has 17 heteroatoms. The number of aliphatic hydroxyl groups is 1. The Hall–Kier alpha value is -3.02. The van der Waals surface area contributed by atoms with Crippen molar-refractivity contribution in [1.29, 1.82) is 0 Å². The van der Waals surface area contributed by atoms with Gasteiger partial charge in [-0.3, -0.25) is 4.79 Å². The van der Waals surface area contributed by atoms with E-state index < -0.39 is 63.5 Å². The van der Waals surface area contributed by atoms with Gasteiger partial charge in [0.05, 0.1) is 34.6 Å². The maximum atomic E-state index is 14.1. The first-order valence-corrected chi connectivity index (χ1v) is 13.9. The quantitative estimate of drug-likeness (QED) is 0.234. The third-order valence-corrected chi connectivity index (χ3v) is 8.35. The van der Waals surface area contributed by atoms with Crippen LogP contribution < -0.4 is 4.72 Å². The van der Waals surface area contributed by atoms with Crippen molar-refractivity contribution in [2.24, 2.45) is 5.41 Å². The van der Waals surface area contributed by atoms with Crippen LogP contribution in [0.15, 0.2) is 27.6 Å². The zero-order valence-electron chi connectivity index (χ0n) is 21.5. The first-order chi connectivity index (χ1) is 18.5. The van der Waals surface area contributed by atoms with Gasteiger partial charge in [-0.2, -0.15) is 22.9 Å². The molecule has 3 rings (SSSR count). The number of rotatable bonds is 11. The molecule has 2 aromatic heterocycles. The second-order valence-electron chi connectivity index (χ2n) is 9.19. The van der Waals surface area contributed by atoms with E-state index in [0.717, 1.165) is 30.4 Å². The molecule has 0 aliphatic carbocycles. The van der Waals surface area contributed by atoms with Crippen molar-refractivity contribution in [3.63, 3.8) is 0 Å². The van der Waals surface area contributed by atoms with Gasteiger partial charge in [0.2, 0.25) is 21.7 Å².